The Morgan fingerprint density at radius 2 is 2.11 bits per heavy atom. The van der Waals surface area contributed by atoms with Crippen LogP contribution in [0.5, 0.6) is 0 Å². The molecule has 2 nitrogen and oxygen atoms in total. The molecule has 0 saturated carbocycles. The Kier molecular flexibility index (Phi) is 4.07. The Bertz CT molecular complexity index is 508. The lowest BCUT2D eigenvalue weighted by atomic mass is 10.0. The molecule has 0 amide bonds. The van der Waals surface area contributed by atoms with Gasteiger partial charge >= 0.3 is 6.18 Å². The van der Waals surface area contributed by atoms with Crippen LogP contribution < -0.4 is 0 Å². The SMILES string of the molecule is CN1CCCC1c1cc(SC#N)cc(C(F)(F)F)c1. The Labute approximate surface area is 114 Å². The second-order valence-electron chi connectivity index (χ2n) is 4.62. The highest BCUT2D eigenvalue weighted by Gasteiger charge is 2.33. The molecular formula is C13H13F3N2S. The van der Waals surface area contributed by atoms with Crippen molar-refractivity contribution in [3.8, 4) is 5.40 Å². The third-order valence-corrected chi connectivity index (χ3v) is 3.89. The van der Waals surface area contributed by atoms with Gasteiger partial charge in [0.2, 0.25) is 0 Å². The van der Waals surface area contributed by atoms with Crippen LogP contribution in [-0.4, -0.2) is 18.5 Å². The number of nitriles is 1. The maximum Gasteiger partial charge on any atom is 0.416 e. The first kappa shape index (κ1) is 14.2. The van der Waals surface area contributed by atoms with E-state index >= 15 is 0 Å². The summed E-state index contributed by atoms with van der Waals surface area (Å²) in [6.45, 7) is 0.891. The van der Waals surface area contributed by atoms with Crippen molar-refractivity contribution >= 4 is 11.8 Å². The summed E-state index contributed by atoms with van der Waals surface area (Å²) in [5.41, 5.74) is -0.0318. The zero-order valence-corrected chi connectivity index (χ0v) is 11.2. The molecule has 1 saturated heterocycles. The first-order chi connectivity index (χ1) is 8.91. The van der Waals surface area contributed by atoms with Gasteiger partial charge in [-0.25, -0.2) is 0 Å². The van der Waals surface area contributed by atoms with E-state index < -0.39 is 11.7 Å². The third kappa shape index (κ3) is 3.23. The van der Waals surface area contributed by atoms with Gasteiger partial charge in [-0.3, -0.25) is 4.90 Å². The van der Waals surface area contributed by atoms with Gasteiger partial charge in [0.05, 0.1) is 5.56 Å². The number of alkyl halides is 3. The highest BCUT2D eigenvalue weighted by atomic mass is 32.2. The molecule has 1 aliphatic heterocycles. The Hall–Kier alpha value is -1.19. The van der Waals surface area contributed by atoms with E-state index in [1.165, 1.54) is 6.07 Å². The van der Waals surface area contributed by atoms with Crippen molar-refractivity contribution in [1.29, 1.82) is 5.26 Å². The van der Waals surface area contributed by atoms with E-state index in [2.05, 4.69) is 4.90 Å². The molecule has 1 fully saturated rings. The second kappa shape index (κ2) is 5.43. The number of hydrogen-bond acceptors (Lipinski definition) is 3. The maximum atomic E-state index is 12.9. The number of rotatable bonds is 2. The molecule has 1 unspecified atom stereocenters. The second-order valence-corrected chi connectivity index (χ2v) is 5.48. The Balaban J connectivity index is 2.43. The monoisotopic (exact) mass is 286 g/mol. The Morgan fingerprint density at radius 3 is 2.63 bits per heavy atom. The van der Waals surface area contributed by atoms with Gasteiger partial charge in [-0.2, -0.15) is 18.4 Å². The van der Waals surface area contributed by atoms with E-state index in [1.807, 2.05) is 12.4 Å². The molecule has 0 spiro atoms. The van der Waals surface area contributed by atoms with Crippen LogP contribution in [0.1, 0.15) is 30.0 Å². The van der Waals surface area contributed by atoms with E-state index in [1.54, 1.807) is 6.07 Å². The molecule has 102 valence electrons. The number of halogens is 3. The average molecular weight is 286 g/mol. The number of thiocyanates is 1. The van der Waals surface area contributed by atoms with Crippen LogP contribution in [0.15, 0.2) is 23.1 Å². The molecule has 19 heavy (non-hydrogen) atoms. The summed E-state index contributed by atoms with van der Waals surface area (Å²) in [6, 6.07) is 3.94. The zero-order valence-electron chi connectivity index (χ0n) is 10.4. The van der Waals surface area contributed by atoms with Crippen LogP contribution in [0, 0.1) is 10.7 Å². The van der Waals surface area contributed by atoms with Crippen LogP contribution >= 0.6 is 11.8 Å². The molecule has 1 atom stereocenters. The summed E-state index contributed by atoms with van der Waals surface area (Å²) < 4.78 is 38.6. The van der Waals surface area contributed by atoms with Crippen molar-refractivity contribution in [3.63, 3.8) is 0 Å². The van der Waals surface area contributed by atoms with Crippen molar-refractivity contribution < 1.29 is 13.2 Å². The summed E-state index contributed by atoms with van der Waals surface area (Å²) in [4.78, 5) is 2.41. The fraction of sp³-hybridized carbons (Fsp3) is 0.462. The van der Waals surface area contributed by atoms with E-state index in [4.69, 9.17) is 5.26 Å². The van der Waals surface area contributed by atoms with Gasteiger partial charge in [0, 0.05) is 10.9 Å². The van der Waals surface area contributed by atoms with Crippen molar-refractivity contribution in [2.75, 3.05) is 13.6 Å². The molecule has 1 heterocycles. The summed E-state index contributed by atoms with van der Waals surface area (Å²) in [6.07, 6.45) is -2.54. The third-order valence-electron chi connectivity index (χ3n) is 3.32. The van der Waals surface area contributed by atoms with Gasteiger partial charge in [0.15, 0.2) is 0 Å². The van der Waals surface area contributed by atoms with Gasteiger partial charge < -0.3 is 0 Å². The van der Waals surface area contributed by atoms with Crippen LogP contribution in [-0.2, 0) is 6.18 Å². The molecule has 0 N–H and O–H groups in total. The summed E-state index contributed by atoms with van der Waals surface area (Å²) >= 11 is 0.767. The van der Waals surface area contributed by atoms with Gasteiger partial charge in [0.25, 0.3) is 0 Å². The normalized spacial score (nSPS) is 20.5. The lowest BCUT2D eigenvalue weighted by molar-refractivity contribution is -0.137. The first-order valence-corrected chi connectivity index (χ1v) is 6.72. The van der Waals surface area contributed by atoms with E-state index in [0.717, 1.165) is 37.2 Å². The highest BCUT2D eigenvalue weighted by molar-refractivity contribution is 8.03. The predicted molar refractivity (Wildman–Crippen MR) is 67.5 cm³/mol. The molecule has 6 heteroatoms. The largest absolute Gasteiger partial charge is 0.416 e. The minimum atomic E-state index is -4.38. The van der Waals surface area contributed by atoms with Crippen LogP contribution in [0.25, 0.3) is 0 Å². The predicted octanol–water partition coefficient (Wildman–Crippen LogP) is 4.05. The molecule has 0 bridgehead atoms. The fourth-order valence-corrected chi connectivity index (χ4v) is 2.91. The van der Waals surface area contributed by atoms with Gasteiger partial charge in [-0.1, -0.05) is 0 Å². The standard InChI is InChI=1S/C13H13F3N2S/c1-18-4-2-3-12(18)9-5-10(13(14,15)16)7-11(6-9)19-8-17/h5-7,12H,2-4H2,1H3. The number of hydrogen-bond donors (Lipinski definition) is 0. The summed E-state index contributed by atoms with van der Waals surface area (Å²) in [5, 5.41) is 10.5. The summed E-state index contributed by atoms with van der Waals surface area (Å²) in [5.74, 6) is 0. The number of nitrogens with zero attached hydrogens (tertiary/aromatic N) is 2. The molecule has 1 aromatic carbocycles. The molecule has 2 rings (SSSR count). The molecule has 1 aromatic rings. The topological polar surface area (TPSA) is 27.0 Å². The van der Waals surface area contributed by atoms with Crippen molar-refractivity contribution in [2.45, 2.75) is 30.0 Å². The number of benzene rings is 1. The van der Waals surface area contributed by atoms with Gasteiger partial charge in [-0.15, -0.1) is 0 Å². The highest BCUT2D eigenvalue weighted by Crippen LogP contribution is 2.37. The fourth-order valence-electron chi connectivity index (χ4n) is 2.42. The van der Waals surface area contributed by atoms with Crippen LogP contribution in [0.4, 0.5) is 13.2 Å². The van der Waals surface area contributed by atoms with Crippen molar-refractivity contribution in [2.24, 2.45) is 0 Å². The smallest absolute Gasteiger partial charge is 0.299 e. The van der Waals surface area contributed by atoms with E-state index in [-0.39, 0.29) is 6.04 Å². The van der Waals surface area contributed by atoms with E-state index in [0.29, 0.717) is 10.5 Å². The van der Waals surface area contributed by atoms with Gasteiger partial charge in [-0.05, 0) is 62.0 Å². The lowest BCUT2D eigenvalue weighted by Gasteiger charge is -2.21. The van der Waals surface area contributed by atoms with Crippen molar-refractivity contribution in [1.82, 2.24) is 4.90 Å². The number of thioether (sulfide) groups is 1. The molecule has 0 aromatic heterocycles. The van der Waals surface area contributed by atoms with Crippen LogP contribution in [0.2, 0.25) is 0 Å². The van der Waals surface area contributed by atoms with Crippen molar-refractivity contribution in [3.05, 3.63) is 29.3 Å². The number of likely N-dealkylation sites (tertiary alicyclic amines) is 1. The lowest BCUT2D eigenvalue weighted by Crippen LogP contribution is -2.18. The van der Waals surface area contributed by atoms with Gasteiger partial charge in [0.1, 0.15) is 5.40 Å². The quantitative estimate of drug-likeness (QED) is 0.606. The average Bonchev–Trinajstić information content (AvgIpc) is 2.74. The molecule has 0 aliphatic carbocycles. The molecule has 1 aliphatic rings. The maximum absolute atomic E-state index is 12.9. The minimum absolute atomic E-state index is 0.0142. The first-order valence-electron chi connectivity index (χ1n) is 5.90. The minimum Gasteiger partial charge on any atom is -0.299 e. The molecular weight excluding hydrogens is 273 g/mol. The molecule has 0 radical (unpaired) electrons. The Morgan fingerprint density at radius 1 is 1.37 bits per heavy atom. The van der Waals surface area contributed by atoms with E-state index in [9.17, 15) is 13.2 Å². The van der Waals surface area contributed by atoms with Crippen LogP contribution in [0.3, 0.4) is 0 Å². The zero-order chi connectivity index (χ0) is 14.0. The summed E-state index contributed by atoms with van der Waals surface area (Å²) in [7, 11) is 1.91.